The molecule has 1 saturated heterocycles. The van der Waals surface area contributed by atoms with Gasteiger partial charge in [0.05, 0.1) is 10.4 Å². The number of nitrogens with zero attached hydrogens (tertiary/aromatic N) is 5. The highest BCUT2D eigenvalue weighted by molar-refractivity contribution is 7.91. The van der Waals surface area contributed by atoms with Gasteiger partial charge in [-0.05, 0) is 56.5 Å². The Morgan fingerprint density at radius 2 is 1.90 bits per heavy atom. The Balaban J connectivity index is 1.81. The molecule has 30 heavy (non-hydrogen) atoms. The molecule has 0 amide bonds. The minimum atomic E-state index is -3.86. The Hall–Kier alpha value is -2.71. The summed E-state index contributed by atoms with van der Waals surface area (Å²) in [5.74, 6) is 0.721. The lowest BCUT2D eigenvalue weighted by molar-refractivity contribution is 0.482. The summed E-state index contributed by atoms with van der Waals surface area (Å²) in [7, 11) is -3.86. The smallest absolute Gasteiger partial charge is 0.229 e. The van der Waals surface area contributed by atoms with Gasteiger partial charge >= 0.3 is 0 Å². The molecular weight excluding hydrogens is 422 g/mol. The van der Waals surface area contributed by atoms with Crippen molar-refractivity contribution in [3.05, 3.63) is 53.6 Å². The van der Waals surface area contributed by atoms with Crippen molar-refractivity contribution in [1.82, 2.24) is 19.8 Å². The zero-order valence-electron chi connectivity index (χ0n) is 16.4. The van der Waals surface area contributed by atoms with Crippen LogP contribution in [-0.2, 0) is 9.84 Å². The van der Waals surface area contributed by atoms with Gasteiger partial charge in [0, 0.05) is 23.0 Å². The molecule has 0 saturated carbocycles. The number of rotatable bonds is 3. The lowest BCUT2D eigenvalue weighted by atomic mass is 10.0. The SMILES string of the molecule is C[C@@H]1CCCCN1c1nc2c(S(=O)(=O)c3ccccc3)nnn2c2ccc(Cl)cc12. The van der Waals surface area contributed by atoms with Crippen molar-refractivity contribution >= 4 is 43.8 Å². The van der Waals surface area contributed by atoms with E-state index in [2.05, 4.69) is 22.1 Å². The van der Waals surface area contributed by atoms with Crippen molar-refractivity contribution in [1.29, 1.82) is 0 Å². The molecule has 3 heterocycles. The molecule has 154 valence electrons. The van der Waals surface area contributed by atoms with Crippen molar-refractivity contribution in [2.45, 2.75) is 42.1 Å². The highest BCUT2D eigenvalue weighted by atomic mass is 35.5. The average Bonchev–Trinajstić information content (AvgIpc) is 3.19. The molecule has 0 spiro atoms. The maximum atomic E-state index is 13.3. The fourth-order valence-electron chi connectivity index (χ4n) is 4.07. The third-order valence-corrected chi connectivity index (χ3v) is 7.54. The number of hydrogen-bond donors (Lipinski definition) is 0. The van der Waals surface area contributed by atoms with Crippen LogP contribution in [0.1, 0.15) is 26.2 Å². The second-order valence-corrected chi connectivity index (χ2v) is 9.88. The molecule has 2 aromatic carbocycles. The first-order valence-electron chi connectivity index (χ1n) is 9.88. The van der Waals surface area contributed by atoms with E-state index in [1.807, 2.05) is 12.1 Å². The Morgan fingerprint density at radius 3 is 2.67 bits per heavy atom. The minimum Gasteiger partial charge on any atom is -0.353 e. The predicted octanol–water partition coefficient (Wildman–Crippen LogP) is 4.14. The Kier molecular flexibility index (Phi) is 4.63. The molecule has 9 heteroatoms. The maximum absolute atomic E-state index is 13.3. The first-order valence-corrected chi connectivity index (χ1v) is 11.7. The lowest BCUT2D eigenvalue weighted by Gasteiger charge is -2.35. The molecule has 7 nitrogen and oxygen atoms in total. The van der Waals surface area contributed by atoms with Crippen LogP contribution in [0, 0.1) is 0 Å². The van der Waals surface area contributed by atoms with Gasteiger partial charge in [-0.1, -0.05) is 35.0 Å². The van der Waals surface area contributed by atoms with Crippen LogP contribution in [0.3, 0.4) is 0 Å². The van der Waals surface area contributed by atoms with E-state index in [0.717, 1.165) is 36.1 Å². The second-order valence-electron chi connectivity index (χ2n) is 7.58. The van der Waals surface area contributed by atoms with E-state index in [0.29, 0.717) is 11.1 Å². The van der Waals surface area contributed by atoms with E-state index in [9.17, 15) is 8.42 Å². The zero-order valence-corrected chi connectivity index (χ0v) is 17.9. The standard InChI is InChI=1S/C21H20ClN5O2S/c1-14-7-5-6-12-26(14)19-17-13-15(22)10-11-18(17)27-20(23-19)21(24-25-27)30(28,29)16-8-3-2-4-9-16/h2-4,8-11,13-14H,5-7,12H2,1H3/t14-/m1/s1. The Bertz CT molecular complexity index is 1350. The highest BCUT2D eigenvalue weighted by Crippen LogP contribution is 2.34. The van der Waals surface area contributed by atoms with E-state index < -0.39 is 9.84 Å². The van der Waals surface area contributed by atoms with Crippen molar-refractivity contribution in [3.63, 3.8) is 0 Å². The predicted molar refractivity (Wildman–Crippen MR) is 116 cm³/mol. The fraction of sp³-hybridized carbons (Fsp3) is 0.286. The summed E-state index contributed by atoms with van der Waals surface area (Å²) < 4.78 is 28.0. The van der Waals surface area contributed by atoms with Crippen molar-refractivity contribution in [3.8, 4) is 0 Å². The van der Waals surface area contributed by atoms with Crippen LogP contribution >= 0.6 is 11.6 Å². The van der Waals surface area contributed by atoms with Gasteiger partial charge in [0.1, 0.15) is 5.82 Å². The molecule has 0 unspecified atom stereocenters. The summed E-state index contributed by atoms with van der Waals surface area (Å²) in [6.45, 7) is 3.02. The monoisotopic (exact) mass is 441 g/mol. The van der Waals surface area contributed by atoms with Gasteiger partial charge in [-0.15, -0.1) is 5.10 Å². The van der Waals surface area contributed by atoms with Crippen molar-refractivity contribution in [2.75, 3.05) is 11.4 Å². The normalized spacial score (nSPS) is 17.7. The van der Waals surface area contributed by atoms with E-state index >= 15 is 0 Å². The van der Waals surface area contributed by atoms with Crippen LogP contribution in [0.2, 0.25) is 5.02 Å². The van der Waals surface area contributed by atoms with Crippen LogP contribution in [-0.4, -0.2) is 40.8 Å². The van der Waals surface area contributed by atoms with Crippen molar-refractivity contribution < 1.29 is 8.42 Å². The van der Waals surface area contributed by atoms with E-state index in [4.69, 9.17) is 16.6 Å². The van der Waals surface area contributed by atoms with Crippen molar-refractivity contribution in [2.24, 2.45) is 0 Å². The number of benzene rings is 2. The molecule has 5 rings (SSSR count). The fourth-order valence-corrected chi connectivity index (χ4v) is 5.50. The first-order chi connectivity index (χ1) is 14.5. The van der Waals surface area contributed by atoms with Crippen LogP contribution in [0.5, 0.6) is 0 Å². The van der Waals surface area contributed by atoms with Gasteiger partial charge in [0.15, 0.2) is 5.65 Å². The maximum Gasteiger partial charge on any atom is 0.229 e. The minimum absolute atomic E-state index is 0.142. The number of anilines is 1. The topological polar surface area (TPSA) is 80.5 Å². The molecule has 1 aliphatic rings. The number of fused-ring (bicyclic) bond motifs is 3. The second kappa shape index (κ2) is 7.21. The van der Waals surface area contributed by atoms with E-state index in [1.165, 1.54) is 10.9 Å². The van der Waals surface area contributed by atoms with Gasteiger partial charge in [-0.2, -0.15) is 4.52 Å². The van der Waals surface area contributed by atoms with Gasteiger partial charge in [0.2, 0.25) is 14.9 Å². The van der Waals surface area contributed by atoms with Gasteiger partial charge in [0.25, 0.3) is 0 Å². The first kappa shape index (κ1) is 19.3. The molecule has 1 aliphatic heterocycles. The van der Waals surface area contributed by atoms with E-state index in [1.54, 1.807) is 36.4 Å². The number of aromatic nitrogens is 4. The van der Waals surface area contributed by atoms with E-state index in [-0.39, 0.29) is 15.6 Å². The molecule has 0 N–H and O–H groups in total. The van der Waals surface area contributed by atoms with Gasteiger partial charge < -0.3 is 4.90 Å². The van der Waals surface area contributed by atoms with Crippen LogP contribution in [0.25, 0.3) is 16.6 Å². The summed E-state index contributed by atoms with van der Waals surface area (Å²) in [4.78, 5) is 7.19. The molecule has 4 aromatic rings. The average molecular weight is 442 g/mol. The molecule has 1 fully saturated rings. The number of halogens is 1. The Labute approximate surface area is 179 Å². The third kappa shape index (κ3) is 3.02. The third-order valence-electron chi connectivity index (χ3n) is 5.64. The molecule has 1 atom stereocenters. The summed E-state index contributed by atoms with van der Waals surface area (Å²) in [6, 6.07) is 14.0. The van der Waals surface area contributed by atoms with Crippen LogP contribution in [0.4, 0.5) is 5.82 Å². The van der Waals surface area contributed by atoms with Gasteiger partial charge in [-0.25, -0.2) is 13.4 Å². The number of sulfone groups is 1. The number of piperidine rings is 1. The lowest BCUT2D eigenvalue weighted by Crippen LogP contribution is -2.38. The molecule has 0 bridgehead atoms. The summed E-state index contributed by atoms with van der Waals surface area (Å²) in [6.07, 6.45) is 3.29. The summed E-state index contributed by atoms with van der Waals surface area (Å²) in [5, 5.41) is 9.45. The number of hydrogen-bond acceptors (Lipinski definition) is 6. The molecular formula is C21H20ClN5O2S. The highest BCUT2D eigenvalue weighted by Gasteiger charge is 2.29. The molecule has 0 aliphatic carbocycles. The zero-order chi connectivity index (χ0) is 20.9. The van der Waals surface area contributed by atoms with Gasteiger partial charge in [-0.3, -0.25) is 0 Å². The Morgan fingerprint density at radius 1 is 1.10 bits per heavy atom. The van der Waals surface area contributed by atoms with Crippen LogP contribution < -0.4 is 4.90 Å². The van der Waals surface area contributed by atoms with Crippen LogP contribution in [0.15, 0.2) is 58.5 Å². The quantitative estimate of drug-likeness (QED) is 0.475. The molecule has 0 radical (unpaired) electrons. The largest absolute Gasteiger partial charge is 0.353 e. The summed E-state index contributed by atoms with van der Waals surface area (Å²) in [5.41, 5.74) is 0.945. The molecule has 2 aromatic heterocycles. The summed E-state index contributed by atoms with van der Waals surface area (Å²) >= 11 is 6.29.